The number of nitrogens with one attached hydrogen (secondary N) is 2. The molecule has 0 radical (unpaired) electrons. The quantitative estimate of drug-likeness (QED) is 0.378. The maximum Gasteiger partial charge on any atom is 0.246 e. The number of anilines is 1. The van der Waals surface area contributed by atoms with E-state index in [1.165, 1.54) is 6.42 Å². The zero-order chi connectivity index (χ0) is 29.4. The molecule has 9 nitrogen and oxygen atoms in total. The molecule has 43 heavy (non-hydrogen) atoms. The molecule has 3 amide bonds. The summed E-state index contributed by atoms with van der Waals surface area (Å²) in [6, 6.07) is 19.4. The third-order valence-corrected chi connectivity index (χ3v) is 9.05. The number of carbonyl (C=O) groups is 3. The lowest BCUT2D eigenvalue weighted by Crippen LogP contribution is -2.56. The molecule has 2 N–H and O–H groups in total. The third-order valence-electron chi connectivity index (χ3n) is 9.05. The predicted octanol–water partition coefficient (Wildman–Crippen LogP) is 4.61. The average Bonchev–Trinajstić information content (AvgIpc) is 3.67. The zero-order valence-corrected chi connectivity index (χ0v) is 23.7. The highest BCUT2D eigenvalue weighted by atomic mass is 16.5. The van der Waals surface area contributed by atoms with Crippen molar-refractivity contribution in [2.24, 2.45) is 11.8 Å². The highest BCUT2D eigenvalue weighted by molar-refractivity contribution is 6.02. The lowest BCUT2D eigenvalue weighted by atomic mass is 9.74. The van der Waals surface area contributed by atoms with Crippen LogP contribution in [0.1, 0.15) is 37.7 Å². The number of nitrogens with zero attached hydrogens (tertiary/aromatic N) is 2. The van der Waals surface area contributed by atoms with Gasteiger partial charge in [0.05, 0.1) is 17.9 Å². The molecular formula is C34H34N4O5. The van der Waals surface area contributed by atoms with Crippen LogP contribution in [0.25, 0.3) is 0 Å². The van der Waals surface area contributed by atoms with Crippen LogP contribution < -0.4 is 15.4 Å². The molecule has 9 heteroatoms. The second-order valence-corrected chi connectivity index (χ2v) is 11.8. The average molecular weight is 579 g/mol. The fourth-order valence-electron chi connectivity index (χ4n) is 7.11. The van der Waals surface area contributed by atoms with Crippen molar-refractivity contribution < 1.29 is 23.9 Å². The Kier molecular flexibility index (Phi) is 7.18. The largest absolute Gasteiger partial charge is 0.457 e. The SMILES string of the molecule is O=C(Nc1ccc(Oc2ccccc2)cc1)[C@@H]1[C@H]2C=C[C@@]3(O2)[C@H]1C(=O)N(Cc1cccnc1)[C@@H]3C(=O)NC1CCCCC1. The van der Waals surface area contributed by atoms with E-state index in [2.05, 4.69) is 15.6 Å². The highest BCUT2D eigenvalue weighted by Crippen LogP contribution is 2.55. The summed E-state index contributed by atoms with van der Waals surface area (Å²) >= 11 is 0. The molecule has 0 unspecified atom stereocenters. The first-order valence-corrected chi connectivity index (χ1v) is 15.0. The van der Waals surface area contributed by atoms with Crippen molar-refractivity contribution in [3.8, 4) is 11.5 Å². The van der Waals surface area contributed by atoms with Crippen molar-refractivity contribution in [3.05, 3.63) is 96.8 Å². The van der Waals surface area contributed by atoms with E-state index >= 15 is 0 Å². The number of hydrogen-bond donors (Lipinski definition) is 2. The summed E-state index contributed by atoms with van der Waals surface area (Å²) < 4.78 is 12.3. The van der Waals surface area contributed by atoms with Gasteiger partial charge in [-0.05, 0) is 60.9 Å². The first-order valence-electron chi connectivity index (χ1n) is 15.0. The minimum absolute atomic E-state index is 0.0718. The molecule has 220 valence electrons. The number of amides is 3. The van der Waals surface area contributed by atoms with Crippen molar-refractivity contribution in [3.63, 3.8) is 0 Å². The Balaban J connectivity index is 1.13. The fourth-order valence-corrected chi connectivity index (χ4v) is 7.11. The van der Waals surface area contributed by atoms with Crippen LogP contribution in [0.2, 0.25) is 0 Å². The van der Waals surface area contributed by atoms with E-state index in [4.69, 9.17) is 9.47 Å². The van der Waals surface area contributed by atoms with Crippen LogP contribution in [-0.4, -0.2) is 51.4 Å². The zero-order valence-electron chi connectivity index (χ0n) is 23.7. The van der Waals surface area contributed by atoms with E-state index < -0.39 is 29.6 Å². The minimum atomic E-state index is -1.21. The number of ether oxygens (including phenoxy) is 2. The van der Waals surface area contributed by atoms with Gasteiger partial charge in [0.15, 0.2) is 0 Å². The second kappa shape index (κ2) is 11.3. The van der Waals surface area contributed by atoms with E-state index in [9.17, 15) is 14.4 Å². The first-order chi connectivity index (χ1) is 21.0. The number of rotatable bonds is 8. The molecule has 5 atom stereocenters. The molecule has 2 saturated heterocycles. The number of fused-ring (bicyclic) bond motifs is 1. The van der Waals surface area contributed by atoms with Crippen LogP contribution in [0, 0.1) is 11.8 Å². The van der Waals surface area contributed by atoms with Gasteiger partial charge in [-0.1, -0.05) is 55.7 Å². The Hall–Kier alpha value is -4.50. The van der Waals surface area contributed by atoms with E-state index in [1.54, 1.807) is 47.6 Å². The first kappa shape index (κ1) is 27.3. The van der Waals surface area contributed by atoms with E-state index in [0.29, 0.717) is 17.2 Å². The van der Waals surface area contributed by atoms with Crippen LogP contribution in [-0.2, 0) is 25.7 Å². The molecule has 4 heterocycles. The van der Waals surface area contributed by atoms with Crippen molar-refractivity contribution >= 4 is 23.4 Å². The van der Waals surface area contributed by atoms with Gasteiger partial charge in [0.2, 0.25) is 17.7 Å². The smallest absolute Gasteiger partial charge is 0.246 e. The lowest BCUT2D eigenvalue weighted by molar-refractivity contribution is -0.142. The van der Waals surface area contributed by atoms with Gasteiger partial charge in [-0.3, -0.25) is 19.4 Å². The summed E-state index contributed by atoms with van der Waals surface area (Å²) in [4.78, 5) is 47.7. The van der Waals surface area contributed by atoms with Crippen LogP contribution in [0.5, 0.6) is 11.5 Å². The van der Waals surface area contributed by atoms with Crippen LogP contribution in [0.4, 0.5) is 5.69 Å². The van der Waals surface area contributed by atoms with Crippen molar-refractivity contribution in [1.29, 1.82) is 0 Å². The van der Waals surface area contributed by atoms with Crippen molar-refractivity contribution in [2.45, 2.75) is 62.4 Å². The molecule has 7 rings (SSSR count). The fraction of sp³-hybridized carbons (Fsp3) is 0.353. The monoisotopic (exact) mass is 578 g/mol. The summed E-state index contributed by atoms with van der Waals surface area (Å²) in [5.74, 6) is -1.05. The molecule has 2 aromatic carbocycles. The number of para-hydroxylation sites is 1. The van der Waals surface area contributed by atoms with Gasteiger partial charge in [-0.2, -0.15) is 0 Å². The van der Waals surface area contributed by atoms with E-state index in [-0.39, 0.29) is 30.3 Å². The number of pyridine rings is 1. The molecule has 1 aromatic heterocycles. The van der Waals surface area contributed by atoms with Gasteiger partial charge >= 0.3 is 0 Å². The van der Waals surface area contributed by atoms with E-state index in [1.807, 2.05) is 48.6 Å². The van der Waals surface area contributed by atoms with Gasteiger partial charge < -0.3 is 25.0 Å². The number of hydrogen-bond acceptors (Lipinski definition) is 6. The summed E-state index contributed by atoms with van der Waals surface area (Å²) in [7, 11) is 0. The summed E-state index contributed by atoms with van der Waals surface area (Å²) in [6.07, 6.45) is 11.6. The van der Waals surface area contributed by atoms with Gasteiger partial charge in [-0.25, -0.2) is 0 Å². The summed E-state index contributed by atoms with van der Waals surface area (Å²) in [5.41, 5.74) is 0.174. The molecule has 3 aliphatic heterocycles. The minimum Gasteiger partial charge on any atom is -0.457 e. The Bertz CT molecular complexity index is 1520. The van der Waals surface area contributed by atoms with Gasteiger partial charge in [0.1, 0.15) is 23.1 Å². The maximum atomic E-state index is 14.2. The molecule has 2 bridgehead atoms. The van der Waals surface area contributed by atoms with Gasteiger partial charge in [0.25, 0.3) is 0 Å². The van der Waals surface area contributed by atoms with Gasteiger partial charge in [-0.15, -0.1) is 0 Å². The highest BCUT2D eigenvalue weighted by Gasteiger charge is 2.72. The van der Waals surface area contributed by atoms with Crippen molar-refractivity contribution in [1.82, 2.24) is 15.2 Å². The molecular weight excluding hydrogens is 544 g/mol. The predicted molar refractivity (Wildman–Crippen MR) is 159 cm³/mol. The van der Waals surface area contributed by atoms with Crippen LogP contribution in [0.15, 0.2) is 91.3 Å². The Morgan fingerprint density at radius 3 is 2.47 bits per heavy atom. The van der Waals surface area contributed by atoms with Crippen LogP contribution >= 0.6 is 0 Å². The topological polar surface area (TPSA) is 110 Å². The number of carbonyl (C=O) groups excluding carboxylic acids is 3. The second-order valence-electron chi connectivity index (χ2n) is 11.8. The number of benzene rings is 2. The van der Waals surface area contributed by atoms with E-state index in [0.717, 1.165) is 31.2 Å². The summed E-state index contributed by atoms with van der Waals surface area (Å²) in [5, 5.41) is 6.19. The lowest BCUT2D eigenvalue weighted by Gasteiger charge is -2.34. The third kappa shape index (κ3) is 5.07. The molecule has 3 aromatic rings. The van der Waals surface area contributed by atoms with Crippen LogP contribution in [0.3, 0.4) is 0 Å². The maximum absolute atomic E-state index is 14.2. The normalized spacial score (nSPS) is 27.6. The molecule has 4 aliphatic rings. The Morgan fingerprint density at radius 1 is 0.953 bits per heavy atom. The molecule has 1 saturated carbocycles. The molecule has 3 fully saturated rings. The molecule has 1 aliphatic carbocycles. The number of aromatic nitrogens is 1. The Morgan fingerprint density at radius 2 is 1.72 bits per heavy atom. The Labute approximate surface area is 250 Å². The van der Waals surface area contributed by atoms with Gasteiger partial charge in [0, 0.05) is 30.7 Å². The standard InChI is InChI=1S/C34H34N4O5/c39-31(36-24-13-15-26(16-14-24)42-25-11-5-2-6-12-25)28-27-17-18-34(43-27)29(28)33(41)38(21-22-8-7-19-35-20-22)30(34)32(40)37-23-9-3-1-4-10-23/h2,5-8,11-20,23,27-30H,1,3-4,9-10,21H2,(H,36,39)(H,37,40)/t27-,28-,29-,30-,34-/m1/s1. The number of likely N-dealkylation sites (tertiary alicyclic amines) is 1. The summed E-state index contributed by atoms with van der Waals surface area (Å²) in [6.45, 7) is 0.201. The molecule has 1 spiro atoms. The van der Waals surface area contributed by atoms with Crippen molar-refractivity contribution in [2.75, 3.05) is 5.32 Å².